The number of carbonyl (C=O) groups is 1. The summed E-state index contributed by atoms with van der Waals surface area (Å²) >= 11 is 3.32. The van der Waals surface area contributed by atoms with Gasteiger partial charge in [-0.2, -0.15) is 18.3 Å². The summed E-state index contributed by atoms with van der Waals surface area (Å²) in [6, 6.07) is 7.95. The molecule has 0 saturated carbocycles. The first kappa shape index (κ1) is 21.5. The number of benzene rings is 2. The van der Waals surface area contributed by atoms with E-state index in [1.807, 2.05) is 0 Å². The average Bonchev–Trinajstić information content (AvgIpc) is 2.60. The number of carbonyl (C=O) groups excluding carboxylic acids is 1. The highest BCUT2D eigenvalue weighted by Gasteiger charge is 2.30. The number of ether oxygens (including phenoxy) is 2. The number of amides is 1. The van der Waals surface area contributed by atoms with E-state index in [-0.39, 0.29) is 12.3 Å². The van der Waals surface area contributed by atoms with Gasteiger partial charge in [-0.25, -0.2) is 0 Å². The fourth-order valence-electron chi connectivity index (χ4n) is 2.16. The molecule has 10 heteroatoms. The van der Waals surface area contributed by atoms with E-state index in [4.69, 9.17) is 15.2 Å². The second-order valence-corrected chi connectivity index (χ2v) is 6.32. The molecule has 0 saturated heterocycles. The molecule has 0 aliphatic carbocycles. The fourth-order valence-corrected chi connectivity index (χ4v) is 2.73. The number of alkyl halides is 3. The summed E-state index contributed by atoms with van der Waals surface area (Å²) < 4.78 is 49.6. The number of halogens is 4. The molecule has 0 radical (unpaired) electrons. The lowest BCUT2D eigenvalue weighted by Crippen LogP contribution is -2.20. The van der Waals surface area contributed by atoms with E-state index in [2.05, 4.69) is 26.5 Å². The summed E-state index contributed by atoms with van der Waals surface area (Å²) in [4.78, 5) is 10.9. The molecule has 6 nitrogen and oxygen atoms in total. The first-order chi connectivity index (χ1) is 13.2. The van der Waals surface area contributed by atoms with Gasteiger partial charge in [0.25, 0.3) is 5.91 Å². The quantitative estimate of drug-likeness (QED) is 0.458. The third-order valence-corrected chi connectivity index (χ3v) is 3.88. The molecule has 0 aliphatic rings. The van der Waals surface area contributed by atoms with Crippen molar-refractivity contribution >= 4 is 33.7 Å². The van der Waals surface area contributed by atoms with Crippen molar-refractivity contribution in [3.05, 3.63) is 52.0 Å². The lowest BCUT2D eigenvalue weighted by Gasteiger charge is -2.13. The van der Waals surface area contributed by atoms with Gasteiger partial charge in [-0.05, 0) is 58.7 Å². The smallest absolute Gasteiger partial charge is 0.416 e. The summed E-state index contributed by atoms with van der Waals surface area (Å²) in [5.41, 5.74) is 7.64. The van der Waals surface area contributed by atoms with Crippen LogP contribution in [0.25, 0.3) is 0 Å². The van der Waals surface area contributed by atoms with Crippen molar-refractivity contribution in [2.45, 2.75) is 13.1 Å². The first-order valence-electron chi connectivity index (χ1n) is 8.04. The third kappa shape index (κ3) is 6.15. The average molecular weight is 460 g/mol. The Bertz CT molecular complexity index is 873. The minimum atomic E-state index is -4.43. The summed E-state index contributed by atoms with van der Waals surface area (Å²) in [5.74, 6) is 0.0348. The van der Waals surface area contributed by atoms with Gasteiger partial charge < -0.3 is 15.2 Å². The van der Waals surface area contributed by atoms with Gasteiger partial charge in [0.05, 0.1) is 28.5 Å². The van der Waals surface area contributed by atoms with Gasteiger partial charge in [0, 0.05) is 0 Å². The van der Waals surface area contributed by atoms with Gasteiger partial charge in [-0.3, -0.25) is 10.2 Å². The van der Waals surface area contributed by atoms with Crippen LogP contribution < -0.4 is 20.6 Å². The molecule has 2 rings (SSSR count). The van der Waals surface area contributed by atoms with E-state index in [1.54, 1.807) is 19.1 Å². The molecule has 0 unspecified atom stereocenters. The fraction of sp³-hybridized carbons (Fsp3) is 0.222. The molecule has 0 fully saturated rings. The van der Waals surface area contributed by atoms with Gasteiger partial charge in [0.15, 0.2) is 18.1 Å². The minimum absolute atomic E-state index is 0.191. The second-order valence-electron chi connectivity index (χ2n) is 5.47. The topological polar surface area (TPSA) is 85.9 Å². The number of rotatable bonds is 8. The third-order valence-electron chi connectivity index (χ3n) is 3.29. The van der Waals surface area contributed by atoms with Crippen molar-refractivity contribution in [3.63, 3.8) is 0 Å². The van der Waals surface area contributed by atoms with E-state index >= 15 is 0 Å². The van der Waals surface area contributed by atoms with Crippen molar-refractivity contribution in [1.82, 2.24) is 0 Å². The maximum absolute atomic E-state index is 12.7. The molecule has 150 valence electrons. The molecule has 0 aliphatic heterocycles. The zero-order valence-electron chi connectivity index (χ0n) is 14.7. The Morgan fingerprint density at radius 3 is 2.68 bits per heavy atom. The van der Waals surface area contributed by atoms with Crippen LogP contribution in [0.5, 0.6) is 11.5 Å². The number of primary amides is 1. The van der Waals surface area contributed by atoms with Crippen LogP contribution in [0.1, 0.15) is 18.1 Å². The lowest BCUT2D eigenvalue weighted by molar-refractivity contribution is -0.137. The van der Waals surface area contributed by atoms with E-state index in [1.165, 1.54) is 18.3 Å². The number of nitrogens with one attached hydrogen (secondary N) is 1. The summed E-state index contributed by atoms with van der Waals surface area (Å²) in [5, 5.41) is 3.95. The Morgan fingerprint density at radius 2 is 2.04 bits per heavy atom. The minimum Gasteiger partial charge on any atom is -0.490 e. The molecule has 0 spiro atoms. The summed E-state index contributed by atoms with van der Waals surface area (Å²) in [7, 11) is 0. The number of hydrazone groups is 1. The van der Waals surface area contributed by atoms with Gasteiger partial charge in [0.2, 0.25) is 0 Å². The van der Waals surface area contributed by atoms with Crippen molar-refractivity contribution < 1.29 is 27.4 Å². The number of hydrogen-bond acceptors (Lipinski definition) is 5. The Balaban J connectivity index is 2.18. The molecule has 2 aromatic rings. The van der Waals surface area contributed by atoms with Gasteiger partial charge in [-0.1, -0.05) is 6.07 Å². The maximum atomic E-state index is 12.7. The largest absolute Gasteiger partial charge is 0.490 e. The Labute approximate surface area is 167 Å². The Morgan fingerprint density at radius 1 is 1.29 bits per heavy atom. The number of hydrogen-bond donors (Lipinski definition) is 2. The van der Waals surface area contributed by atoms with Crippen LogP contribution in [0, 0.1) is 0 Å². The zero-order chi connectivity index (χ0) is 20.7. The highest BCUT2D eigenvalue weighted by molar-refractivity contribution is 9.10. The standard InChI is InChI=1S/C18H17BrF3N3O3/c1-2-27-15-7-11(6-14(19)17(15)28-10-16(23)26)9-24-25-13-5-3-4-12(8-13)18(20,21)22/h3-9,25H,2,10H2,1H3,(H2,23,26)/b24-9-. The van der Waals surface area contributed by atoms with Crippen LogP contribution in [0.2, 0.25) is 0 Å². The predicted octanol–water partition coefficient (Wildman–Crippen LogP) is 4.18. The molecule has 0 atom stereocenters. The normalized spacial score (nSPS) is 11.5. The lowest BCUT2D eigenvalue weighted by atomic mass is 10.2. The number of nitrogens with two attached hydrogens (primary N) is 1. The second kappa shape index (κ2) is 9.45. The Kier molecular flexibility index (Phi) is 7.27. The monoisotopic (exact) mass is 459 g/mol. The molecule has 0 heterocycles. The van der Waals surface area contributed by atoms with Crippen molar-refractivity contribution in [1.29, 1.82) is 0 Å². The van der Waals surface area contributed by atoms with E-state index in [9.17, 15) is 18.0 Å². The Hall–Kier alpha value is -2.75. The first-order valence-corrected chi connectivity index (χ1v) is 8.83. The zero-order valence-corrected chi connectivity index (χ0v) is 16.3. The van der Waals surface area contributed by atoms with Gasteiger partial charge in [0.1, 0.15) is 0 Å². The molecule has 3 N–H and O–H groups in total. The van der Waals surface area contributed by atoms with E-state index < -0.39 is 17.6 Å². The highest BCUT2D eigenvalue weighted by Crippen LogP contribution is 2.36. The van der Waals surface area contributed by atoms with Crippen LogP contribution in [-0.2, 0) is 11.0 Å². The van der Waals surface area contributed by atoms with Gasteiger partial charge >= 0.3 is 6.18 Å². The summed E-state index contributed by atoms with van der Waals surface area (Å²) in [6.45, 7) is 1.81. The van der Waals surface area contributed by atoms with Crippen LogP contribution in [0.3, 0.4) is 0 Å². The molecular weight excluding hydrogens is 443 g/mol. The van der Waals surface area contributed by atoms with Crippen molar-refractivity contribution in [2.75, 3.05) is 18.6 Å². The van der Waals surface area contributed by atoms with Crippen LogP contribution in [-0.4, -0.2) is 25.3 Å². The molecule has 28 heavy (non-hydrogen) atoms. The van der Waals surface area contributed by atoms with Crippen LogP contribution in [0.4, 0.5) is 18.9 Å². The van der Waals surface area contributed by atoms with E-state index in [0.717, 1.165) is 12.1 Å². The van der Waals surface area contributed by atoms with Gasteiger partial charge in [-0.15, -0.1) is 0 Å². The highest BCUT2D eigenvalue weighted by atomic mass is 79.9. The molecule has 2 aromatic carbocycles. The van der Waals surface area contributed by atoms with Crippen LogP contribution in [0.15, 0.2) is 46.0 Å². The number of nitrogens with zero attached hydrogens (tertiary/aromatic N) is 1. The maximum Gasteiger partial charge on any atom is 0.416 e. The molecule has 1 amide bonds. The predicted molar refractivity (Wildman–Crippen MR) is 103 cm³/mol. The van der Waals surface area contributed by atoms with Crippen LogP contribution >= 0.6 is 15.9 Å². The van der Waals surface area contributed by atoms with Crippen molar-refractivity contribution in [2.24, 2.45) is 10.8 Å². The van der Waals surface area contributed by atoms with E-state index in [0.29, 0.717) is 28.1 Å². The SMILES string of the molecule is CCOc1cc(/C=N\Nc2cccc(C(F)(F)F)c2)cc(Br)c1OCC(N)=O. The van der Waals surface area contributed by atoms with Crippen molar-refractivity contribution in [3.8, 4) is 11.5 Å². The number of anilines is 1. The molecular formula is C18H17BrF3N3O3. The molecule has 0 bridgehead atoms. The summed E-state index contributed by atoms with van der Waals surface area (Å²) in [6.07, 6.45) is -3.02. The molecule has 0 aromatic heterocycles.